The van der Waals surface area contributed by atoms with E-state index in [0.717, 1.165) is 44.5 Å². The average Bonchev–Trinajstić information content (AvgIpc) is 3.44. The summed E-state index contributed by atoms with van der Waals surface area (Å²) in [6.07, 6.45) is 5.63. The summed E-state index contributed by atoms with van der Waals surface area (Å²) >= 11 is 0. The second-order valence-corrected chi connectivity index (χ2v) is 10.4. The maximum Gasteiger partial charge on any atom is 0.295 e. The van der Waals surface area contributed by atoms with Gasteiger partial charge in [0.05, 0.1) is 37.1 Å². The zero-order valence-electron chi connectivity index (χ0n) is 23.3. The van der Waals surface area contributed by atoms with Gasteiger partial charge in [0.25, 0.3) is 11.7 Å². The third kappa shape index (κ3) is 5.76. The van der Waals surface area contributed by atoms with Crippen molar-refractivity contribution >= 4 is 23.1 Å². The minimum absolute atomic E-state index is 0.0771. The summed E-state index contributed by atoms with van der Waals surface area (Å²) < 4.78 is 13.2. The fourth-order valence-corrected chi connectivity index (χ4v) is 5.59. The fraction of sp³-hybridized carbons (Fsp3) is 0.452. The van der Waals surface area contributed by atoms with E-state index in [9.17, 15) is 14.7 Å². The maximum absolute atomic E-state index is 13.6. The molecule has 4 heterocycles. The van der Waals surface area contributed by atoms with Crippen LogP contribution in [-0.4, -0.2) is 82.0 Å². The number of morpholine rings is 1. The van der Waals surface area contributed by atoms with E-state index in [1.165, 1.54) is 0 Å². The van der Waals surface area contributed by atoms with E-state index in [1.54, 1.807) is 22.4 Å². The Kier molecular flexibility index (Phi) is 8.81. The van der Waals surface area contributed by atoms with Gasteiger partial charge in [-0.3, -0.25) is 18.9 Å². The van der Waals surface area contributed by atoms with Crippen LogP contribution >= 0.6 is 0 Å². The van der Waals surface area contributed by atoms with Crippen molar-refractivity contribution in [3.8, 4) is 5.75 Å². The lowest BCUT2D eigenvalue weighted by molar-refractivity contribution is -0.140. The first-order valence-electron chi connectivity index (χ1n) is 14.2. The van der Waals surface area contributed by atoms with Gasteiger partial charge in [-0.2, -0.15) is 0 Å². The Labute approximate surface area is 235 Å². The van der Waals surface area contributed by atoms with Gasteiger partial charge in [0.2, 0.25) is 0 Å². The number of ketones is 1. The zero-order chi connectivity index (χ0) is 28.1. The van der Waals surface area contributed by atoms with Crippen LogP contribution in [0.5, 0.6) is 5.75 Å². The van der Waals surface area contributed by atoms with Crippen molar-refractivity contribution in [2.45, 2.75) is 45.6 Å². The maximum atomic E-state index is 13.6. The van der Waals surface area contributed by atoms with Gasteiger partial charge in [-0.1, -0.05) is 38.0 Å². The Morgan fingerprint density at radius 2 is 1.90 bits per heavy atom. The van der Waals surface area contributed by atoms with Gasteiger partial charge in [0.15, 0.2) is 5.76 Å². The highest BCUT2D eigenvalue weighted by molar-refractivity contribution is 6.46. The van der Waals surface area contributed by atoms with Crippen LogP contribution in [0.25, 0.3) is 11.4 Å². The van der Waals surface area contributed by atoms with Gasteiger partial charge in [0, 0.05) is 32.4 Å². The number of aliphatic hydroxyl groups excluding tert-OH is 1. The standard InChI is InChI=1S/C31H38N4O5/c1-3-4-7-18-40-24-11-8-10-23(21-24)28-26(29(36)27-22(2)32-25-12-5-6-14-34(25)27)30(37)31(38)35(28)15-9-13-33-16-19-39-20-17-33/h5-6,8,10-12,14,21,28,36H,3-4,7,9,13,15-20H2,1-2H3/b29-26+. The summed E-state index contributed by atoms with van der Waals surface area (Å²) in [4.78, 5) is 35.5. The number of nitrogens with zero attached hydrogens (tertiary/aromatic N) is 4. The Bertz CT molecular complexity index is 1390. The fourth-order valence-electron chi connectivity index (χ4n) is 5.59. The second kappa shape index (κ2) is 12.7. The van der Waals surface area contributed by atoms with E-state index in [-0.39, 0.29) is 11.3 Å². The molecule has 5 rings (SSSR count). The van der Waals surface area contributed by atoms with Crippen molar-refractivity contribution in [3.63, 3.8) is 0 Å². The van der Waals surface area contributed by atoms with Crippen LogP contribution in [0.2, 0.25) is 0 Å². The quantitative estimate of drug-likeness (QED) is 0.165. The van der Waals surface area contributed by atoms with Crippen molar-refractivity contribution in [2.24, 2.45) is 0 Å². The molecule has 1 N–H and O–H groups in total. The van der Waals surface area contributed by atoms with Crippen LogP contribution in [0.15, 0.2) is 54.2 Å². The molecule has 9 heteroatoms. The van der Waals surface area contributed by atoms with Crippen LogP contribution in [0.4, 0.5) is 0 Å². The van der Waals surface area contributed by atoms with Crippen LogP contribution in [0.1, 0.15) is 55.6 Å². The highest BCUT2D eigenvalue weighted by Crippen LogP contribution is 2.41. The van der Waals surface area contributed by atoms with Gasteiger partial charge >= 0.3 is 0 Å². The molecular formula is C31H38N4O5. The van der Waals surface area contributed by atoms with Gasteiger partial charge in [-0.05, 0) is 49.6 Å². The number of benzene rings is 1. The Morgan fingerprint density at radius 1 is 1.07 bits per heavy atom. The van der Waals surface area contributed by atoms with Gasteiger partial charge in [-0.15, -0.1) is 0 Å². The number of carbonyl (C=O) groups is 2. The summed E-state index contributed by atoms with van der Waals surface area (Å²) in [7, 11) is 0. The number of amides is 1. The molecule has 40 heavy (non-hydrogen) atoms. The molecular weight excluding hydrogens is 508 g/mol. The third-order valence-electron chi connectivity index (χ3n) is 7.64. The number of aromatic nitrogens is 2. The molecule has 0 bridgehead atoms. The predicted molar refractivity (Wildman–Crippen MR) is 152 cm³/mol. The summed E-state index contributed by atoms with van der Waals surface area (Å²) in [5.74, 6) is -0.828. The predicted octanol–water partition coefficient (Wildman–Crippen LogP) is 4.36. The number of hydrogen-bond donors (Lipinski definition) is 1. The summed E-state index contributed by atoms with van der Waals surface area (Å²) in [6.45, 7) is 8.83. The molecule has 1 amide bonds. The average molecular weight is 547 g/mol. The molecule has 1 unspecified atom stereocenters. The molecule has 0 spiro atoms. The Hall–Kier alpha value is -3.69. The zero-order valence-corrected chi connectivity index (χ0v) is 23.3. The third-order valence-corrected chi connectivity index (χ3v) is 7.64. The molecule has 1 atom stereocenters. The van der Waals surface area contributed by atoms with Gasteiger partial charge in [-0.25, -0.2) is 4.98 Å². The summed E-state index contributed by atoms with van der Waals surface area (Å²) in [5.41, 5.74) is 2.45. The Balaban J connectivity index is 1.51. The van der Waals surface area contributed by atoms with Crippen molar-refractivity contribution in [1.29, 1.82) is 0 Å². The molecule has 2 aromatic heterocycles. The number of aryl methyl sites for hydroxylation is 1. The highest BCUT2D eigenvalue weighted by atomic mass is 16.5. The normalized spacial score (nSPS) is 19.6. The number of fused-ring (bicyclic) bond motifs is 1. The molecule has 2 aliphatic heterocycles. The number of unbranched alkanes of at least 4 members (excludes halogenated alkanes) is 2. The van der Waals surface area contributed by atoms with Crippen molar-refractivity contribution in [3.05, 3.63) is 71.2 Å². The number of likely N-dealkylation sites (tertiary alicyclic amines) is 1. The topological polar surface area (TPSA) is 96.6 Å². The van der Waals surface area contributed by atoms with E-state index in [4.69, 9.17) is 9.47 Å². The molecule has 212 valence electrons. The number of pyridine rings is 1. The molecule has 0 aliphatic carbocycles. The SMILES string of the molecule is CCCCCOc1cccc(C2/C(=C(\O)c3c(C)nc4ccccn34)C(=O)C(=O)N2CCCN2CCOCC2)c1. The summed E-state index contributed by atoms with van der Waals surface area (Å²) in [6, 6.07) is 12.3. The lowest BCUT2D eigenvalue weighted by Gasteiger charge is -2.29. The molecule has 2 fully saturated rings. The minimum atomic E-state index is -0.738. The summed E-state index contributed by atoms with van der Waals surface area (Å²) in [5, 5.41) is 11.7. The second-order valence-electron chi connectivity index (χ2n) is 10.4. The van der Waals surface area contributed by atoms with E-state index < -0.39 is 17.7 Å². The Morgan fingerprint density at radius 3 is 2.70 bits per heavy atom. The molecule has 2 aliphatic rings. The number of rotatable bonds is 11. The van der Waals surface area contributed by atoms with Crippen molar-refractivity contribution < 1.29 is 24.2 Å². The minimum Gasteiger partial charge on any atom is -0.505 e. The molecule has 0 radical (unpaired) electrons. The first kappa shape index (κ1) is 27.9. The van der Waals surface area contributed by atoms with Crippen LogP contribution < -0.4 is 4.74 Å². The number of hydrogen-bond acceptors (Lipinski definition) is 7. The first-order chi connectivity index (χ1) is 19.5. The van der Waals surface area contributed by atoms with E-state index in [1.807, 2.05) is 42.5 Å². The van der Waals surface area contributed by atoms with Crippen LogP contribution in [0.3, 0.4) is 0 Å². The highest BCUT2D eigenvalue weighted by Gasteiger charge is 2.46. The molecule has 2 saturated heterocycles. The van der Waals surface area contributed by atoms with Gasteiger partial charge in [0.1, 0.15) is 17.1 Å². The van der Waals surface area contributed by atoms with E-state index >= 15 is 0 Å². The lowest BCUT2D eigenvalue weighted by atomic mass is 9.96. The van der Waals surface area contributed by atoms with Crippen LogP contribution in [-0.2, 0) is 14.3 Å². The number of imidazole rings is 1. The van der Waals surface area contributed by atoms with Crippen molar-refractivity contribution in [2.75, 3.05) is 46.0 Å². The van der Waals surface area contributed by atoms with Gasteiger partial charge < -0.3 is 19.5 Å². The molecule has 3 aromatic rings. The van der Waals surface area contributed by atoms with E-state index in [0.29, 0.717) is 55.6 Å². The van der Waals surface area contributed by atoms with Crippen molar-refractivity contribution in [1.82, 2.24) is 19.2 Å². The number of aliphatic hydroxyl groups is 1. The molecule has 9 nitrogen and oxygen atoms in total. The lowest BCUT2D eigenvalue weighted by Crippen LogP contribution is -2.38. The number of Topliss-reactive ketones (excluding diaryl/α,β-unsaturated/α-hetero) is 1. The monoisotopic (exact) mass is 546 g/mol. The number of ether oxygens (including phenoxy) is 2. The molecule has 1 aromatic carbocycles. The van der Waals surface area contributed by atoms with Crippen LogP contribution in [0, 0.1) is 6.92 Å². The molecule has 0 saturated carbocycles. The smallest absolute Gasteiger partial charge is 0.295 e. The first-order valence-corrected chi connectivity index (χ1v) is 14.2. The number of carbonyl (C=O) groups excluding carboxylic acids is 2. The van der Waals surface area contributed by atoms with E-state index in [2.05, 4.69) is 16.8 Å². The largest absolute Gasteiger partial charge is 0.505 e.